The predicted molar refractivity (Wildman–Crippen MR) is 281 cm³/mol. The van der Waals surface area contributed by atoms with Crippen LogP contribution in [0.1, 0.15) is 77.8 Å². The van der Waals surface area contributed by atoms with E-state index in [1.165, 1.54) is 13.8 Å². The molecule has 2 aromatic rings. The summed E-state index contributed by atoms with van der Waals surface area (Å²) in [6.45, 7) is 5.43. The number of nitrogens with one attached hydrogen (secondary N) is 9. The molecule has 2 rings (SSSR count). The summed E-state index contributed by atoms with van der Waals surface area (Å²) in [5.74, 6) is -11.6. The van der Waals surface area contributed by atoms with E-state index >= 15 is 0 Å². The van der Waals surface area contributed by atoms with Crippen LogP contribution in [0.3, 0.4) is 0 Å². The molecule has 0 aliphatic rings. The third-order valence-electron chi connectivity index (χ3n) is 11.6. The number of aliphatic carboxylic acids is 2. The van der Waals surface area contributed by atoms with Crippen LogP contribution in [-0.2, 0) is 65.6 Å². The number of hydrogen-bond acceptors (Lipinski definition) is 15. The van der Waals surface area contributed by atoms with Crippen molar-refractivity contribution in [1.82, 2.24) is 47.9 Å². The molecule has 430 valence electrons. The third-order valence-corrected chi connectivity index (χ3v) is 11.6. The number of benzene rings is 2. The molecule has 78 heavy (non-hydrogen) atoms. The van der Waals surface area contributed by atoms with E-state index in [9.17, 15) is 73.2 Å². The van der Waals surface area contributed by atoms with Gasteiger partial charge in [-0.15, -0.1) is 0 Å². The summed E-state index contributed by atoms with van der Waals surface area (Å²) in [4.78, 5) is 147. The number of aliphatic hydroxyl groups excluding tert-OH is 2. The molecule has 0 saturated carbocycles. The van der Waals surface area contributed by atoms with E-state index in [0.29, 0.717) is 5.56 Å². The van der Waals surface area contributed by atoms with Crippen LogP contribution in [0.4, 0.5) is 0 Å². The smallest absolute Gasteiger partial charge is 0.328 e. The number of guanidine groups is 1. The number of aliphatic imine (C=N–C) groups is 1. The van der Waals surface area contributed by atoms with Crippen molar-refractivity contribution in [1.29, 1.82) is 0 Å². The second kappa shape index (κ2) is 33.7. The van der Waals surface area contributed by atoms with Gasteiger partial charge in [0.25, 0.3) is 0 Å². The highest BCUT2D eigenvalue weighted by Crippen LogP contribution is 2.11. The molecule has 0 spiro atoms. The lowest BCUT2D eigenvalue weighted by Gasteiger charge is -2.27. The van der Waals surface area contributed by atoms with Crippen LogP contribution in [0.15, 0.2) is 65.7 Å². The molecular formula is C50H75N13O15. The molecule has 0 aliphatic carbocycles. The van der Waals surface area contributed by atoms with Gasteiger partial charge in [-0.05, 0) is 69.9 Å². The largest absolute Gasteiger partial charge is 0.481 e. The van der Waals surface area contributed by atoms with Crippen molar-refractivity contribution in [3.8, 4) is 0 Å². The number of aliphatic hydroxyl groups is 2. The maximum atomic E-state index is 13.9. The molecule has 0 heterocycles. The molecule has 0 aromatic heterocycles. The van der Waals surface area contributed by atoms with Crippen LogP contribution in [0, 0.1) is 5.92 Å². The maximum absolute atomic E-state index is 13.9. The monoisotopic (exact) mass is 1100 g/mol. The zero-order chi connectivity index (χ0) is 58.6. The predicted octanol–water partition coefficient (Wildman–Crippen LogP) is -4.74. The fraction of sp³-hybridized carbons (Fsp3) is 0.520. The Morgan fingerprint density at radius 2 is 1.03 bits per heavy atom. The summed E-state index contributed by atoms with van der Waals surface area (Å²) in [5, 5.41) is 60.4. The number of hydrogen-bond donors (Lipinski definition) is 16. The normalized spacial score (nSPS) is 14.8. The first-order chi connectivity index (χ1) is 36.7. The van der Waals surface area contributed by atoms with E-state index in [2.05, 4.69) is 52.8 Å². The number of carbonyl (C=O) groups is 11. The van der Waals surface area contributed by atoms with Crippen molar-refractivity contribution < 1.29 is 73.2 Å². The molecule has 28 nitrogen and oxygen atoms in total. The number of rotatable bonds is 34. The van der Waals surface area contributed by atoms with Crippen LogP contribution in [0.2, 0.25) is 0 Å². The van der Waals surface area contributed by atoms with Crippen molar-refractivity contribution in [3.63, 3.8) is 0 Å². The summed E-state index contributed by atoms with van der Waals surface area (Å²) < 4.78 is 0. The van der Waals surface area contributed by atoms with Gasteiger partial charge in [0, 0.05) is 19.4 Å². The van der Waals surface area contributed by atoms with Crippen LogP contribution < -0.4 is 65.1 Å². The number of amides is 9. The van der Waals surface area contributed by atoms with Gasteiger partial charge in [-0.25, -0.2) is 4.79 Å². The van der Waals surface area contributed by atoms with E-state index < -0.39 is 152 Å². The first-order valence-electron chi connectivity index (χ1n) is 25.0. The summed E-state index contributed by atoms with van der Waals surface area (Å²) in [5.41, 5.74) is 18.2. The molecule has 0 aliphatic heterocycles. The summed E-state index contributed by atoms with van der Waals surface area (Å²) >= 11 is 0. The van der Waals surface area contributed by atoms with Crippen molar-refractivity contribution in [2.24, 2.45) is 28.1 Å². The Hall–Kier alpha value is -8.24. The Kier molecular flexibility index (Phi) is 28.5. The average molecular weight is 1100 g/mol. The van der Waals surface area contributed by atoms with Crippen LogP contribution in [0.25, 0.3) is 0 Å². The molecule has 2 aromatic carbocycles. The standard InChI is InChI=1S/C50H75N13O15/c1-26(2)21-35(46(74)61-36(23-31-15-10-7-11-16-31)47(75)63-40(29(5)65)49(77)78)60-45(73)34(18-19-39(67)68)58-42(70)28(4)56-38(66)24-55-41(69)27(3)57-48(76)37(25-64)62-44(72)33(17-12-20-54-50(52)53)59-43(71)32(51)22-30-13-8-6-9-14-30/h6-11,13-16,26-29,32-37,40,64-65H,12,17-25,51H2,1-5H3,(H,55,69)(H,56,66)(H,57,76)(H,58,70)(H,59,71)(H,60,73)(H,61,74)(H,62,72)(H,63,75)(H,67,68)(H,77,78)(H4,52,53,54)/t27-,28-,29+,32-,33-,34-,35-,36-,37-,40-/m0/s1. The molecule has 0 bridgehead atoms. The molecule has 28 heteroatoms. The van der Waals surface area contributed by atoms with Gasteiger partial charge >= 0.3 is 11.9 Å². The van der Waals surface area contributed by atoms with Crippen LogP contribution in [-0.4, -0.2) is 172 Å². The molecule has 19 N–H and O–H groups in total. The Bertz CT molecular complexity index is 2390. The third kappa shape index (κ3) is 24.6. The van der Waals surface area contributed by atoms with Crippen molar-refractivity contribution in [2.45, 2.75) is 140 Å². The van der Waals surface area contributed by atoms with E-state index in [-0.39, 0.29) is 50.5 Å². The second-order valence-electron chi connectivity index (χ2n) is 18.8. The van der Waals surface area contributed by atoms with Gasteiger partial charge in [-0.1, -0.05) is 74.5 Å². The minimum Gasteiger partial charge on any atom is -0.481 e. The SMILES string of the molecule is CC(C)C[C@H](NC(=O)[C@H](CCC(=O)O)NC(=O)[C@H](C)NC(=O)CNC(=O)[C@H](C)NC(=O)[C@H](CO)NC(=O)[C@H](CCCN=C(N)N)NC(=O)[C@@H](N)Cc1ccccc1)C(=O)N[C@@H](Cc1ccccc1)C(=O)N[C@H](C(=O)O)[C@@H](C)O. The molecule has 10 atom stereocenters. The van der Waals surface area contributed by atoms with Crippen LogP contribution >= 0.6 is 0 Å². The zero-order valence-corrected chi connectivity index (χ0v) is 44.2. The maximum Gasteiger partial charge on any atom is 0.328 e. The van der Waals surface area contributed by atoms with Gasteiger partial charge in [0.2, 0.25) is 53.2 Å². The molecule has 0 radical (unpaired) electrons. The zero-order valence-electron chi connectivity index (χ0n) is 44.2. The van der Waals surface area contributed by atoms with E-state index in [1.54, 1.807) is 74.5 Å². The Morgan fingerprint density at radius 3 is 1.55 bits per heavy atom. The first-order valence-corrected chi connectivity index (χ1v) is 25.0. The lowest BCUT2D eigenvalue weighted by Crippen LogP contribution is -2.60. The average Bonchev–Trinajstić information content (AvgIpc) is 3.37. The topological polar surface area (TPSA) is 467 Å². The fourth-order valence-corrected chi connectivity index (χ4v) is 7.32. The van der Waals surface area contributed by atoms with Crippen molar-refractivity contribution in [3.05, 3.63) is 71.8 Å². The molecule has 9 amide bonds. The van der Waals surface area contributed by atoms with Gasteiger partial charge in [0.15, 0.2) is 12.0 Å². The van der Waals surface area contributed by atoms with Crippen molar-refractivity contribution in [2.75, 3.05) is 19.7 Å². The molecule has 0 saturated heterocycles. The number of carboxylic acid groups (broad SMARTS) is 2. The van der Waals surface area contributed by atoms with Gasteiger partial charge in [0.1, 0.15) is 42.3 Å². The fourth-order valence-electron chi connectivity index (χ4n) is 7.32. The van der Waals surface area contributed by atoms with Gasteiger partial charge in [-0.2, -0.15) is 0 Å². The van der Waals surface area contributed by atoms with E-state index in [1.807, 2.05) is 0 Å². The number of nitrogens with two attached hydrogens (primary N) is 3. The van der Waals surface area contributed by atoms with E-state index in [4.69, 9.17) is 17.2 Å². The lowest BCUT2D eigenvalue weighted by atomic mass is 10.00. The van der Waals surface area contributed by atoms with Gasteiger partial charge in [-0.3, -0.25) is 52.9 Å². The Labute approximate surface area is 450 Å². The van der Waals surface area contributed by atoms with Crippen LogP contribution in [0.5, 0.6) is 0 Å². The van der Waals surface area contributed by atoms with Gasteiger partial charge < -0.3 is 85.5 Å². The number of carboxylic acids is 2. The molecular weight excluding hydrogens is 1020 g/mol. The van der Waals surface area contributed by atoms with E-state index in [0.717, 1.165) is 12.5 Å². The molecule has 0 unspecified atom stereocenters. The highest BCUT2D eigenvalue weighted by atomic mass is 16.4. The number of nitrogens with zero attached hydrogens (tertiary/aromatic N) is 1. The van der Waals surface area contributed by atoms with Crippen molar-refractivity contribution >= 4 is 71.1 Å². The second-order valence-corrected chi connectivity index (χ2v) is 18.8. The minimum atomic E-state index is -1.73. The minimum absolute atomic E-state index is 0.0123. The molecule has 0 fully saturated rings. The quantitative estimate of drug-likeness (QED) is 0.0178. The Balaban J connectivity index is 2.09. The number of carbonyl (C=O) groups excluding carboxylic acids is 9. The highest BCUT2D eigenvalue weighted by molar-refractivity contribution is 5.98. The first kappa shape index (κ1) is 65.9. The highest BCUT2D eigenvalue weighted by Gasteiger charge is 2.35. The Morgan fingerprint density at radius 1 is 0.551 bits per heavy atom. The van der Waals surface area contributed by atoms with Gasteiger partial charge in [0.05, 0.1) is 25.3 Å². The summed E-state index contributed by atoms with van der Waals surface area (Å²) in [6.07, 6.45) is -2.46. The summed E-state index contributed by atoms with van der Waals surface area (Å²) in [7, 11) is 0. The summed E-state index contributed by atoms with van der Waals surface area (Å²) in [6, 6.07) is 4.36. The lowest BCUT2D eigenvalue weighted by molar-refractivity contribution is -0.145.